The van der Waals surface area contributed by atoms with Crippen LogP contribution in [0.1, 0.15) is 15.9 Å². The third-order valence-corrected chi connectivity index (χ3v) is 4.73. The molecule has 0 radical (unpaired) electrons. The standard InChI is InChI=1S/C27H23N3O6/c1-34-24-5-3-2-4-23(24)30-27(33)20-9-11-21(12-10-20)29-25(31)18-36-26(32)15-8-19-6-13-22(14-7-19)35-17-16-28/h2-15H,17-18H2,1H3,(H,29,31)(H,30,33)/b15-8+. The molecular weight excluding hydrogens is 462 g/mol. The van der Waals surface area contributed by atoms with Crippen LogP contribution >= 0.6 is 0 Å². The third kappa shape index (κ3) is 7.74. The van der Waals surface area contributed by atoms with E-state index in [4.69, 9.17) is 19.5 Å². The number of amides is 2. The summed E-state index contributed by atoms with van der Waals surface area (Å²) < 4.78 is 15.3. The van der Waals surface area contributed by atoms with Crippen molar-refractivity contribution in [1.82, 2.24) is 0 Å². The number of carbonyl (C=O) groups excluding carboxylic acids is 3. The molecule has 0 aliphatic rings. The minimum Gasteiger partial charge on any atom is -0.495 e. The first-order valence-corrected chi connectivity index (χ1v) is 10.8. The Bertz CT molecular complexity index is 1280. The number of rotatable bonds is 10. The van der Waals surface area contributed by atoms with E-state index in [9.17, 15) is 14.4 Å². The minimum absolute atomic E-state index is 0.0487. The number of ether oxygens (including phenoxy) is 3. The Hall–Kier alpha value is -5.10. The predicted molar refractivity (Wildman–Crippen MR) is 134 cm³/mol. The zero-order valence-corrected chi connectivity index (χ0v) is 19.4. The summed E-state index contributed by atoms with van der Waals surface area (Å²) in [5, 5.41) is 13.9. The van der Waals surface area contributed by atoms with Crippen molar-refractivity contribution < 1.29 is 28.6 Å². The van der Waals surface area contributed by atoms with Crippen LogP contribution in [0.25, 0.3) is 6.08 Å². The van der Waals surface area contributed by atoms with Crippen LogP contribution in [0.4, 0.5) is 11.4 Å². The Morgan fingerprint density at radius 2 is 1.67 bits per heavy atom. The fourth-order valence-corrected chi connectivity index (χ4v) is 2.98. The van der Waals surface area contributed by atoms with E-state index in [1.165, 1.54) is 19.3 Å². The fraction of sp³-hybridized carbons (Fsp3) is 0.111. The first-order chi connectivity index (χ1) is 17.5. The zero-order chi connectivity index (χ0) is 25.8. The lowest BCUT2D eigenvalue weighted by atomic mass is 10.2. The number of nitriles is 1. The summed E-state index contributed by atoms with van der Waals surface area (Å²) in [5.74, 6) is -0.459. The SMILES string of the molecule is COc1ccccc1NC(=O)c1ccc(NC(=O)COC(=O)/C=C/c2ccc(OCC#N)cc2)cc1. The molecule has 0 aliphatic heterocycles. The van der Waals surface area contributed by atoms with Gasteiger partial charge in [0.05, 0.1) is 12.8 Å². The lowest BCUT2D eigenvalue weighted by Gasteiger charge is -2.10. The minimum atomic E-state index is -0.682. The average Bonchev–Trinajstić information content (AvgIpc) is 2.90. The Labute approximate surface area is 207 Å². The van der Waals surface area contributed by atoms with Crippen molar-refractivity contribution in [2.24, 2.45) is 0 Å². The first-order valence-electron chi connectivity index (χ1n) is 10.8. The van der Waals surface area contributed by atoms with Gasteiger partial charge in [0.1, 0.15) is 17.6 Å². The molecule has 36 heavy (non-hydrogen) atoms. The smallest absolute Gasteiger partial charge is 0.331 e. The molecule has 0 aromatic heterocycles. The number of esters is 1. The molecule has 2 amide bonds. The number of para-hydroxylation sites is 2. The Morgan fingerprint density at radius 3 is 2.36 bits per heavy atom. The van der Waals surface area contributed by atoms with Crippen molar-refractivity contribution in [3.63, 3.8) is 0 Å². The second kappa shape index (κ2) is 13.0. The highest BCUT2D eigenvalue weighted by Crippen LogP contribution is 2.24. The number of hydrogen-bond acceptors (Lipinski definition) is 7. The molecule has 0 aliphatic carbocycles. The maximum absolute atomic E-state index is 12.5. The van der Waals surface area contributed by atoms with Crippen LogP contribution in [-0.2, 0) is 14.3 Å². The van der Waals surface area contributed by atoms with E-state index in [1.807, 2.05) is 6.07 Å². The van der Waals surface area contributed by atoms with Gasteiger partial charge in [-0.25, -0.2) is 4.79 Å². The Morgan fingerprint density at radius 1 is 0.944 bits per heavy atom. The van der Waals surface area contributed by atoms with Crippen LogP contribution in [0, 0.1) is 11.3 Å². The van der Waals surface area contributed by atoms with E-state index in [0.717, 1.165) is 5.56 Å². The van der Waals surface area contributed by atoms with Crippen LogP contribution in [-0.4, -0.2) is 38.1 Å². The molecule has 0 unspecified atom stereocenters. The van der Waals surface area contributed by atoms with Gasteiger partial charge in [0.15, 0.2) is 13.2 Å². The summed E-state index contributed by atoms with van der Waals surface area (Å²) in [5.41, 5.74) is 2.09. The Kier molecular flexibility index (Phi) is 9.19. The van der Waals surface area contributed by atoms with Crippen LogP contribution in [0.5, 0.6) is 11.5 Å². The number of nitrogens with zero attached hydrogens (tertiary/aromatic N) is 1. The van der Waals surface area contributed by atoms with Gasteiger partial charge in [-0.15, -0.1) is 0 Å². The maximum atomic E-state index is 12.5. The molecule has 0 fully saturated rings. The van der Waals surface area contributed by atoms with Crippen molar-refractivity contribution in [2.45, 2.75) is 0 Å². The van der Waals surface area contributed by atoms with Gasteiger partial charge >= 0.3 is 5.97 Å². The van der Waals surface area contributed by atoms with Crippen molar-refractivity contribution in [3.8, 4) is 17.6 Å². The van der Waals surface area contributed by atoms with Crippen molar-refractivity contribution in [3.05, 3.63) is 90.0 Å². The number of methoxy groups -OCH3 is 1. The fourth-order valence-electron chi connectivity index (χ4n) is 2.98. The molecule has 3 aromatic carbocycles. The molecule has 3 aromatic rings. The molecule has 2 N–H and O–H groups in total. The first kappa shape index (κ1) is 25.5. The average molecular weight is 485 g/mol. The third-order valence-electron chi connectivity index (χ3n) is 4.73. The quantitative estimate of drug-likeness (QED) is 0.328. The van der Waals surface area contributed by atoms with Crippen LogP contribution in [0.3, 0.4) is 0 Å². The number of carbonyl (C=O) groups is 3. The summed E-state index contributed by atoms with van der Waals surface area (Å²) in [4.78, 5) is 36.5. The summed E-state index contributed by atoms with van der Waals surface area (Å²) in [6, 6.07) is 22.0. The Balaban J connectivity index is 1.45. The van der Waals surface area contributed by atoms with Gasteiger partial charge in [-0.2, -0.15) is 5.26 Å². The summed E-state index contributed by atoms with van der Waals surface area (Å²) in [6.45, 7) is -0.521. The highest BCUT2D eigenvalue weighted by Gasteiger charge is 2.10. The number of nitrogens with one attached hydrogen (secondary N) is 2. The summed E-state index contributed by atoms with van der Waals surface area (Å²) in [7, 11) is 1.52. The van der Waals surface area contributed by atoms with Gasteiger partial charge in [0.2, 0.25) is 0 Å². The van der Waals surface area contributed by atoms with E-state index < -0.39 is 18.5 Å². The zero-order valence-electron chi connectivity index (χ0n) is 19.4. The normalized spacial score (nSPS) is 10.2. The molecule has 9 heteroatoms. The van der Waals surface area contributed by atoms with Gasteiger partial charge < -0.3 is 24.8 Å². The number of benzene rings is 3. The molecule has 0 bridgehead atoms. The molecule has 0 atom stereocenters. The molecule has 0 heterocycles. The number of hydrogen-bond donors (Lipinski definition) is 2. The number of anilines is 2. The molecule has 182 valence electrons. The topological polar surface area (TPSA) is 127 Å². The van der Waals surface area contributed by atoms with E-state index >= 15 is 0 Å². The largest absolute Gasteiger partial charge is 0.495 e. The monoisotopic (exact) mass is 485 g/mol. The second-order valence-electron chi connectivity index (χ2n) is 7.24. The second-order valence-corrected chi connectivity index (χ2v) is 7.24. The molecular formula is C27H23N3O6. The van der Waals surface area contributed by atoms with Crippen LogP contribution in [0.15, 0.2) is 78.9 Å². The highest BCUT2D eigenvalue weighted by atomic mass is 16.5. The molecule has 0 spiro atoms. The van der Waals surface area contributed by atoms with Gasteiger partial charge in [-0.05, 0) is 60.2 Å². The highest BCUT2D eigenvalue weighted by molar-refractivity contribution is 6.05. The molecule has 0 saturated heterocycles. The van der Waals surface area contributed by atoms with Crippen LogP contribution < -0.4 is 20.1 Å². The molecule has 3 rings (SSSR count). The van der Waals surface area contributed by atoms with E-state index in [-0.39, 0.29) is 12.5 Å². The van der Waals surface area contributed by atoms with Crippen molar-refractivity contribution >= 4 is 35.2 Å². The van der Waals surface area contributed by atoms with Gasteiger partial charge in [0.25, 0.3) is 11.8 Å². The lowest BCUT2D eigenvalue weighted by molar-refractivity contribution is -0.142. The van der Waals surface area contributed by atoms with Gasteiger partial charge in [0, 0.05) is 17.3 Å². The van der Waals surface area contributed by atoms with E-state index in [1.54, 1.807) is 72.8 Å². The predicted octanol–water partition coefficient (Wildman–Crippen LogP) is 4.04. The van der Waals surface area contributed by atoms with Crippen LogP contribution in [0.2, 0.25) is 0 Å². The maximum Gasteiger partial charge on any atom is 0.331 e. The molecule has 9 nitrogen and oxygen atoms in total. The van der Waals surface area contributed by atoms with E-state index in [0.29, 0.717) is 28.4 Å². The lowest BCUT2D eigenvalue weighted by Crippen LogP contribution is -2.20. The van der Waals surface area contributed by atoms with Gasteiger partial charge in [-0.1, -0.05) is 24.3 Å². The summed E-state index contributed by atoms with van der Waals surface area (Å²) >= 11 is 0. The van der Waals surface area contributed by atoms with Gasteiger partial charge in [-0.3, -0.25) is 9.59 Å². The van der Waals surface area contributed by atoms with E-state index in [2.05, 4.69) is 10.6 Å². The summed E-state index contributed by atoms with van der Waals surface area (Å²) in [6.07, 6.45) is 2.73. The molecule has 0 saturated carbocycles. The van der Waals surface area contributed by atoms with Crippen molar-refractivity contribution in [2.75, 3.05) is 31.0 Å². The van der Waals surface area contributed by atoms with Crippen molar-refractivity contribution in [1.29, 1.82) is 5.26 Å².